The fraction of sp³-hybridized carbons (Fsp3) is 0.190. The van der Waals surface area contributed by atoms with Crippen molar-refractivity contribution in [2.45, 2.75) is 25.7 Å². The van der Waals surface area contributed by atoms with Gasteiger partial charge in [0.15, 0.2) is 5.69 Å². The number of hydrogen-bond donors (Lipinski definition) is 1. The van der Waals surface area contributed by atoms with Gasteiger partial charge in [0.2, 0.25) is 0 Å². The first-order valence-electron chi connectivity index (χ1n) is 9.45. The van der Waals surface area contributed by atoms with Gasteiger partial charge in [0.05, 0.1) is 34.5 Å². The maximum Gasteiger partial charge on any atom is 0.434 e. The molecule has 2 aromatic heterocycles. The van der Waals surface area contributed by atoms with Crippen LogP contribution in [0.2, 0.25) is 0 Å². The first-order chi connectivity index (χ1) is 15.2. The van der Waals surface area contributed by atoms with Crippen molar-refractivity contribution >= 4 is 16.9 Å². The quantitative estimate of drug-likeness (QED) is 0.430. The number of nitrogens with one attached hydrogen (secondary N) is 1. The van der Waals surface area contributed by atoms with Gasteiger partial charge < -0.3 is 5.32 Å². The molecule has 4 rings (SSSR count). The van der Waals surface area contributed by atoms with Crippen molar-refractivity contribution in [3.05, 3.63) is 77.9 Å². The number of hydrogen-bond acceptors (Lipinski definition) is 3. The first kappa shape index (κ1) is 21.5. The number of nitrogens with zero attached hydrogens (tertiary/aromatic N) is 4. The van der Waals surface area contributed by atoms with E-state index in [-0.39, 0.29) is 22.5 Å². The number of alkyl halides is 5. The number of fused-ring (bicyclic) bond motifs is 1. The van der Waals surface area contributed by atoms with E-state index in [1.165, 1.54) is 43.3 Å². The lowest BCUT2D eigenvalue weighted by atomic mass is 10.2. The fourth-order valence-electron chi connectivity index (χ4n) is 3.46. The molecule has 0 spiro atoms. The van der Waals surface area contributed by atoms with Gasteiger partial charge in [0, 0.05) is 0 Å². The van der Waals surface area contributed by atoms with Crippen LogP contribution in [0, 0.1) is 0 Å². The largest absolute Gasteiger partial charge is 0.434 e. The van der Waals surface area contributed by atoms with E-state index in [1.807, 2.05) is 0 Å². The Kier molecular flexibility index (Phi) is 5.41. The van der Waals surface area contributed by atoms with Crippen molar-refractivity contribution in [3.63, 3.8) is 0 Å². The number of amides is 1. The molecule has 0 bridgehead atoms. The van der Waals surface area contributed by atoms with E-state index in [2.05, 4.69) is 15.4 Å². The highest BCUT2D eigenvalue weighted by Crippen LogP contribution is 2.34. The molecule has 1 amide bonds. The Morgan fingerprint density at radius 1 is 1.03 bits per heavy atom. The third-order valence-electron chi connectivity index (χ3n) is 4.84. The Bertz CT molecular complexity index is 1260. The van der Waals surface area contributed by atoms with E-state index in [1.54, 1.807) is 18.2 Å². The molecule has 1 unspecified atom stereocenters. The van der Waals surface area contributed by atoms with Gasteiger partial charge in [-0.05, 0) is 31.2 Å². The lowest BCUT2D eigenvalue weighted by Gasteiger charge is -2.17. The summed E-state index contributed by atoms with van der Waals surface area (Å²) in [6.07, 6.45) is -4.09. The highest BCUT2D eigenvalue weighted by molar-refractivity contribution is 5.95. The van der Waals surface area contributed by atoms with Crippen molar-refractivity contribution in [2.75, 3.05) is 0 Å². The number of imidazole rings is 1. The second-order valence-electron chi connectivity index (χ2n) is 6.95. The summed E-state index contributed by atoms with van der Waals surface area (Å²) in [5.41, 5.74) is -1.46. The molecule has 0 aliphatic heterocycles. The Morgan fingerprint density at radius 2 is 1.69 bits per heavy atom. The highest BCUT2D eigenvalue weighted by Gasteiger charge is 2.41. The summed E-state index contributed by atoms with van der Waals surface area (Å²) in [6, 6.07) is 12.6. The number of carbonyl (C=O) groups is 1. The molecule has 166 valence electrons. The average Bonchev–Trinajstić information content (AvgIpc) is 3.36. The fourth-order valence-corrected chi connectivity index (χ4v) is 3.46. The maximum atomic E-state index is 13.8. The van der Waals surface area contributed by atoms with Crippen LogP contribution in [-0.4, -0.2) is 25.2 Å². The van der Waals surface area contributed by atoms with Gasteiger partial charge in [-0.15, -0.1) is 0 Å². The number of rotatable bonds is 5. The van der Waals surface area contributed by atoms with Crippen LogP contribution >= 0.6 is 0 Å². The van der Waals surface area contributed by atoms with E-state index >= 15 is 0 Å². The van der Waals surface area contributed by atoms with E-state index in [9.17, 15) is 26.7 Å². The van der Waals surface area contributed by atoms with E-state index in [0.29, 0.717) is 9.25 Å². The molecule has 11 heteroatoms. The normalized spacial score (nSPS) is 13.0. The Labute approximate surface area is 178 Å². The molecule has 0 saturated heterocycles. The van der Waals surface area contributed by atoms with Crippen LogP contribution < -0.4 is 5.32 Å². The molecule has 0 aliphatic carbocycles. The van der Waals surface area contributed by atoms with Crippen LogP contribution in [0.3, 0.4) is 0 Å². The van der Waals surface area contributed by atoms with Crippen LogP contribution in [0.5, 0.6) is 0 Å². The van der Waals surface area contributed by atoms with E-state index < -0.39 is 35.9 Å². The summed E-state index contributed by atoms with van der Waals surface area (Å²) in [4.78, 5) is 16.9. The molecule has 0 fully saturated rings. The lowest BCUT2D eigenvalue weighted by Crippen LogP contribution is -2.30. The minimum absolute atomic E-state index is 0.117. The topological polar surface area (TPSA) is 64.7 Å². The summed E-state index contributed by atoms with van der Waals surface area (Å²) in [5, 5.41) is 6.07. The van der Waals surface area contributed by atoms with Crippen molar-refractivity contribution in [2.24, 2.45) is 0 Å². The zero-order valence-corrected chi connectivity index (χ0v) is 16.5. The molecular weight excluding hydrogens is 433 g/mol. The second-order valence-corrected chi connectivity index (χ2v) is 6.95. The Hall–Kier alpha value is -3.76. The molecule has 0 saturated carbocycles. The molecule has 1 atom stereocenters. The van der Waals surface area contributed by atoms with Crippen LogP contribution in [0.25, 0.3) is 16.7 Å². The Morgan fingerprint density at radius 3 is 2.34 bits per heavy atom. The highest BCUT2D eigenvalue weighted by atomic mass is 19.4. The zero-order chi connectivity index (χ0) is 23.0. The predicted octanol–water partition coefficient (Wildman–Crippen LogP) is 5.13. The molecule has 4 aromatic rings. The van der Waals surface area contributed by atoms with Crippen LogP contribution in [0.15, 0.2) is 60.8 Å². The molecule has 32 heavy (non-hydrogen) atoms. The van der Waals surface area contributed by atoms with E-state index in [4.69, 9.17) is 0 Å². The third-order valence-corrected chi connectivity index (χ3v) is 4.84. The smallest absolute Gasteiger partial charge is 0.342 e. The number of benzene rings is 2. The van der Waals surface area contributed by atoms with Gasteiger partial charge in [-0.2, -0.15) is 27.1 Å². The summed E-state index contributed by atoms with van der Waals surface area (Å²) in [5.74, 6) is -1.29. The zero-order valence-electron chi connectivity index (χ0n) is 16.5. The van der Waals surface area contributed by atoms with Gasteiger partial charge >= 0.3 is 12.7 Å². The average molecular weight is 449 g/mol. The monoisotopic (exact) mass is 449 g/mol. The van der Waals surface area contributed by atoms with Crippen molar-refractivity contribution < 1.29 is 26.7 Å². The van der Waals surface area contributed by atoms with Crippen LogP contribution in [0.4, 0.5) is 22.0 Å². The summed E-state index contributed by atoms with van der Waals surface area (Å²) < 4.78 is 70.0. The summed E-state index contributed by atoms with van der Waals surface area (Å²) in [6.45, 7) is -1.59. The van der Waals surface area contributed by atoms with Gasteiger partial charge in [-0.1, -0.05) is 30.3 Å². The molecule has 6 nitrogen and oxygen atoms in total. The minimum Gasteiger partial charge on any atom is -0.342 e. The van der Waals surface area contributed by atoms with Crippen molar-refractivity contribution in [3.8, 4) is 5.69 Å². The molecular formula is C21H16F5N5O. The number of halogens is 5. The van der Waals surface area contributed by atoms with Gasteiger partial charge in [-0.3, -0.25) is 9.36 Å². The first-order valence-corrected chi connectivity index (χ1v) is 9.45. The number of aromatic nitrogens is 4. The van der Waals surface area contributed by atoms with Crippen molar-refractivity contribution in [1.82, 2.24) is 24.6 Å². The number of carbonyl (C=O) groups excluding carboxylic acids is 1. The minimum atomic E-state index is -4.89. The SMILES string of the molecule is CC(NC(=O)c1cnn(-c2ccccc2)c1C(F)(F)F)c1nc2ccccc2n1C(F)F. The Balaban J connectivity index is 1.70. The number of para-hydroxylation sites is 3. The summed E-state index contributed by atoms with van der Waals surface area (Å²) in [7, 11) is 0. The van der Waals surface area contributed by atoms with E-state index in [0.717, 1.165) is 6.20 Å². The molecule has 0 radical (unpaired) electrons. The van der Waals surface area contributed by atoms with Gasteiger partial charge in [0.1, 0.15) is 5.82 Å². The lowest BCUT2D eigenvalue weighted by molar-refractivity contribution is -0.143. The second kappa shape index (κ2) is 8.06. The molecule has 1 N–H and O–H groups in total. The van der Waals surface area contributed by atoms with Crippen molar-refractivity contribution in [1.29, 1.82) is 0 Å². The van der Waals surface area contributed by atoms with Crippen LogP contribution in [-0.2, 0) is 6.18 Å². The molecule has 2 heterocycles. The predicted molar refractivity (Wildman–Crippen MR) is 105 cm³/mol. The van der Waals surface area contributed by atoms with Gasteiger partial charge in [-0.25, -0.2) is 9.67 Å². The molecule has 0 aliphatic rings. The standard InChI is InChI=1S/C21H16F5N5O/c1-12(18-29-15-9-5-6-10-16(15)30(18)20(22)23)28-19(32)14-11-27-31(17(14)21(24,25)26)13-7-3-2-4-8-13/h2-12,20H,1H3,(H,28,32). The van der Waals surface area contributed by atoms with Gasteiger partial charge in [0.25, 0.3) is 5.91 Å². The molecule has 2 aromatic carbocycles. The third kappa shape index (κ3) is 3.81. The van der Waals surface area contributed by atoms with Crippen LogP contribution in [0.1, 0.15) is 41.4 Å². The summed E-state index contributed by atoms with van der Waals surface area (Å²) >= 11 is 0. The maximum absolute atomic E-state index is 13.8.